The minimum atomic E-state index is 0.654. The van der Waals surface area contributed by atoms with Crippen molar-refractivity contribution < 1.29 is 4.74 Å². The Balaban J connectivity index is 1.58. The fourth-order valence-corrected chi connectivity index (χ4v) is 4.29. The second-order valence-electron chi connectivity index (χ2n) is 7.35. The Kier molecular flexibility index (Phi) is 6.33. The summed E-state index contributed by atoms with van der Waals surface area (Å²) >= 11 is 12.5. The van der Waals surface area contributed by atoms with Gasteiger partial charge in [-0.1, -0.05) is 59.6 Å². The highest BCUT2D eigenvalue weighted by Gasteiger charge is 2.15. The van der Waals surface area contributed by atoms with E-state index in [1.807, 2.05) is 24.3 Å². The highest BCUT2D eigenvalue weighted by Crippen LogP contribution is 2.29. The molecule has 0 spiro atoms. The van der Waals surface area contributed by atoms with Crippen molar-refractivity contribution in [3.8, 4) is 5.75 Å². The maximum absolute atomic E-state index is 6.44. The molecule has 1 aromatic heterocycles. The van der Waals surface area contributed by atoms with E-state index in [1.165, 1.54) is 27.7 Å². The van der Waals surface area contributed by atoms with Crippen molar-refractivity contribution in [1.29, 1.82) is 0 Å². The van der Waals surface area contributed by atoms with E-state index in [0.717, 1.165) is 24.4 Å². The summed E-state index contributed by atoms with van der Waals surface area (Å²) in [5.74, 6) is 0.874. The van der Waals surface area contributed by atoms with Crippen molar-refractivity contribution in [2.45, 2.75) is 26.6 Å². The number of aromatic nitrogens is 1. The number of rotatable bonds is 7. The van der Waals surface area contributed by atoms with Gasteiger partial charge in [-0.15, -0.1) is 0 Å². The van der Waals surface area contributed by atoms with Crippen molar-refractivity contribution >= 4 is 34.1 Å². The lowest BCUT2D eigenvalue weighted by atomic mass is 10.1. The molecular formula is C25H24Cl2N2O. The minimum absolute atomic E-state index is 0.654. The van der Waals surface area contributed by atoms with Crippen molar-refractivity contribution in [3.63, 3.8) is 0 Å². The van der Waals surface area contributed by atoms with Crippen LogP contribution in [0.2, 0.25) is 10.0 Å². The predicted molar refractivity (Wildman–Crippen MR) is 126 cm³/mol. The zero-order valence-corrected chi connectivity index (χ0v) is 18.6. The van der Waals surface area contributed by atoms with E-state index in [4.69, 9.17) is 27.9 Å². The van der Waals surface area contributed by atoms with Gasteiger partial charge in [-0.25, -0.2) is 0 Å². The molecule has 0 aliphatic rings. The summed E-state index contributed by atoms with van der Waals surface area (Å²) in [6, 6.07) is 22.4. The maximum atomic E-state index is 6.44. The Labute approximate surface area is 187 Å². The van der Waals surface area contributed by atoms with Crippen LogP contribution in [0.4, 0.5) is 0 Å². The summed E-state index contributed by atoms with van der Waals surface area (Å²) < 4.78 is 7.56. The topological polar surface area (TPSA) is 26.2 Å². The summed E-state index contributed by atoms with van der Waals surface area (Å²) in [6.07, 6.45) is 0. The van der Waals surface area contributed by atoms with E-state index >= 15 is 0 Å². The van der Waals surface area contributed by atoms with Gasteiger partial charge in [0.05, 0.1) is 7.11 Å². The number of hydrogen-bond donors (Lipinski definition) is 1. The largest absolute Gasteiger partial charge is 0.497 e. The van der Waals surface area contributed by atoms with E-state index in [0.29, 0.717) is 16.6 Å². The lowest BCUT2D eigenvalue weighted by molar-refractivity contribution is 0.414. The van der Waals surface area contributed by atoms with Gasteiger partial charge in [-0.3, -0.25) is 0 Å². The third-order valence-corrected chi connectivity index (χ3v) is 6.08. The highest BCUT2D eigenvalue weighted by molar-refractivity contribution is 6.35. The molecule has 154 valence electrons. The average Bonchev–Trinajstić information content (AvgIpc) is 3.02. The molecule has 0 bridgehead atoms. The van der Waals surface area contributed by atoms with Crippen LogP contribution in [0, 0.1) is 6.92 Å². The van der Waals surface area contributed by atoms with Gasteiger partial charge < -0.3 is 14.6 Å². The van der Waals surface area contributed by atoms with Crippen LogP contribution in [0.3, 0.4) is 0 Å². The normalized spacial score (nSPS) is 11.2. The van der Waals surface area contributed by atoms with E-state index in [1.54, 1.807) is 13.2 Å². The van der Waals surface area contributed by atoms with Crippen molar-refractivity contribution in [1.82, 2.24) is 9.88 Å². The van der Waals surface area contributed by atoms with Crippen LogP contribution >= 0.6 is 23.2 Å². The third kappa shape index (κ3) is 4.34. The van der Waals surface area contributed by atoms with Gasteiger partial charge in [0.25, 0.3) is 0 Å². The molecule has 1 N–H and O–H groups in total. The number of nitrogens with zero attached hydrogens (tertiary/aromatic N) is 1. The molecule has 30 heavy (non-hydrogen) atoms. The zero-order chi connectivity index (χ0) is 21.1. The first-order valence-corrected chi connectivity index (χ1v) is 10.7. The first-order valence-electron chi connectivity index (χ1n) is 9.91. The van der Waals surface area contributed by atoms with Crippen molar-refractivity contribution in [2.24, 2.45) is 0 Å². The minimum Gasteiger partial charge on any atom is -0.497 e. The molecule has 0 aliphatic heterocycles. The number of ether oxygens (including phenoxy) is 1. The Hall–Kier alpha value is -2.46. The number of benzene rings is 3. The van der Waals surface area contributed by atoms with E-state index < -0.39 is 0 Å². The molecule has 0 saturated heterocycles. The van der Waals surface area contributed by atoms with Gasteiger partial charge in [-0.05, 0) is 53.9 Å². The van der Waals surface area contributed by atoms with E-state index in [2.05, 4.69) is 53.2 Å². The zero-order valence-electron chi connectivity index (χ0n) is 17.1. The van der Waals surface area contributed by atoms with Gasteiger partial charge in [0.1, 0.15) is 5.75 Å². The Morgan fingerprint density at radius 3 is 2.43 bits per heavy atom. The molecule has 0 amide bonds. The van der Waals surface area contributed by atoms with E-state index in [-0.39, 0.29) is 0 Å². The second-order valence-corrected chi connectivity index (χ2v) is 8.20. The average molecular weight is 439 g/mol. The SMILES string of the molecule is COc1ccc(CNCc2c(C)n(Cc3ccc(Cl)cc3Cl)c3ccccc23)cc1. The van der Waals surface area contributed by atoms with Crippen molar-refractivity contribution in [2.75, 3.05) is 7.11 Å². The molecular weight excluding hydrogens is 415 g/mol. The highest BCUT2D eigenvalue weighted by atomic mass is 35.5. The molecule has 0 aliphatic carbocycles. The monoisotopic (exact) mass is 438 g/mol. The number of methoxy groups -OCH3 is 1. The van der Waals surface area contributed by atoms with Gasteiger partial charge in [0, 0.05) is 46.3 Å². The Morgan fingerprint density at radius 1 is 0.933 bits per heavy atom. The van der Waals surface area contributed by atoms with Gasteiger partial charge in [-0.2, -0.15) is 0 Å². The molecule has 0 saturated carbocycles. The first kappa shape index (κ1) is 20.8. The Morgan fingerprint density at radius 2 is 1.70 bits per heavy atom. The summed E-state index contributed by atoms with van der Waals surface area (Å²) in [4.78, 5) is 0. The van der Waals surface area contributed by atoms with Gasteiger partial charge in [0.2, 0.25) is 0 Å². The lowest BCUT2D eigenvalue weighted by Gasteiger charge is -2.11. The van der Waals surface area contributed by atoms with Crippen LogP contribution in [0.15, 0.2) is 66.7 Å². The van der Waals surface area contributed by atoms with Gasteiger partial charge >= 0.3 is 0 Å². The molecule has 0 unspecified atom stereocenters. The standard InChI is InChI=1S/C25H24Cl2N2O/c1-17-23(15-28-14-18-7-11-21(30-2)12-8-18)22-5-3-4-6-25(22)29(17)16-19-9-10-20(26)13-24(19)27/h3-13,28H,14-16H2,1-2H3. The number of halogens is 2. The smallest absolute Gasteiger partial charge is 0.118 e. The fourth-order valence-electron chi connectivity index (χ4n) is 3.83. The van der Waals surface area contributed by atoms with Crippen molar-refractivity contribution in [3.05, 3.63) is 99.2 Å². The van der Waals surface area contributed by atoms with Crippen LogP contribution in [-0.4, -0.2) is 11.7 Å². The molecule has 3 aromatic carbocycles. The summed E-state index contributed by atoms with van der Waals surface area (Å²) in [5.41, 5.74) is 6.05. The maximum Gasteiger partial charge on any atom is 0.118 e. The molecule has 0 fully saturated rings. The molecule has 5 heteroatoms. The predicted octanol–water partition coefficient (Wildman–Crippen LogP) is 6.60. The number of hydrogen-bond acceptors (Lipinski definition) is 2. The quantitative estimate of drug-likeness (QED) is 0.351. The summed E-state index contributed by atoms with van der Waals surface area (Å²) in [7, 11) is 1.68. The number of para-hydroxylation sites is 1. The van der Waals surface area contributed by atoms with Crippen LogP contribution in [0.5, 0.6) is 5.75 Å². The summed E-state index contributed by atoms with van der Waals surface area (Å²) in [6.45, 7) is 4.47. The third-order valence-electron chi connectivity index (χ3n) is 5.50. The lowest BCUT2D eigenvalue weighted by Crippen LogP contribution is -2.13. The molecule has 1 heterocycles. The fraction of sp³-hybridized carbons (Fsp3) is 0.200. The Bertz CT molecular complexity index is 1170. The summed E-state index contributed by atoms with van der Waals surface area (Å²) in [5, 5.41) is 6.20. The van der Waals surface area contributed by atoms with E-state index in [9.17, 15) is 0 Å². The number of fused-ring (bicyclic) bond motifs is 1. The molecule has 4 aromatic rings. The molecule has 0 radical (unpaired) electrons. The second kappa shape index (κ2) is 9.13. The van der Waals surface area contributed by atoms with Crippen LogP contribution < -0.4 is 10.1 Å². The van der Waals surface area contributed by atoms with Crippen LogP contribution in [0.25, 0.3) is 10.9 Å². The molecule has 3 nitrogen and oxygen atoms in total. The first-order chi connectivity index (χ1) is 14.6. The molecule has 4 rings (SSSR count). The van der Waals surface area contributed by atoms with Crippen LogP contribution in [-0.2, 0) is 19.6 Å². The van der Waals surface area contributed by atoms with Gasteiger partial charge in [0.15, 0.2) is 0 Å². The molecule has 0 atom stereocenters. The number of nitrogens with one attached hydrogen (secondary N) is 1. The van der Waals surface area contributed by atoms with Crippen LogP contribution in [0.1, 0.15) is 22.4 Å².